The predicted molar refractivity (Wildman–Crippen MR) is 180 cm³/mol. The molecule has 43 heavy (non-hydrogen) atoms. The second-order valence-corrected chi connectivity index (χ2v) is 11.0. The summed E-state index contributed by atoms with van der Waals surface area (Å²) in [5, 5.41) is 7.09. The van der Waals surface area contributed by atoms with Gasteiger partial charge in [0, 0.05) is 43.7 Å². The Morgan fingerprint density at radius 2 is 1.16 bits per heavy atom. The molecule has 3 heteroatoms. The van der Waals surface area contributed by atoms with E-state index in [-0.39, 0.29) is 0 Å². The number of aromatic nitrogens is 3. The summed E-state index contributed by atoms with van der Waals surface area (Å²) in [5.74, 6) is 0. The van der Waals surface area contributed by atoms with E-state index in [1.165, 1.54) is 27.2 Å². The standard InChI is InChI=1S/C40H25N3/c1-2-14-29(15-3-1)43-37-20-9-6-17-31(37)33-23-22-32-30-16-5-8-19-36(30)42-39(38(32)40(33)43)28-13-10-12-27(25-28)35-24-21-26-11-4-7-18-34(26)41-35/h1-25H. The first-order valence-electron chi connectivity index (χ1n) is 14.6. The van der Waals surface area contributed by atoms with Gasteiger partial charge in [0.15, 0.2) is 0 Å². The van der Waals surface area contributed by atoms with Gasteiger partial charge in [0.1, 0.15) is 0 Å². The summed E-state index contributed by atoms with van der Waals surface area (Å²) in [7, 11) is 0. The summed E-state index contributed by atoms with van der Waals surface area (Å²) >= 11 is 0. The summed E-state index contributed by atoms with van der Waals surface area (Å²) in [6.45, 7) is 0. The monoisotopic (exact) mass is 547 g/mol. The zero-order valence-electron chi connectivity index (χ0n) is 23.3. The van der Waals surface area contributed by atoms with Gasteiger partial charge in [-0.15, -0.1) is 0 Å². The molecule has 3 nitrogen and oxygen atoms in total. The predicted octanol–water partition coefficient (Wildman–Crippen LogP) is 10.4. The fourth-order valence-corrected chi connectivity index (χ4v) is 6.60. The lowest BCUT2D eigenvalue weighted by Crippen LogP contribution is -1.97. The lowest BCUT2D eigenvalue weighted by Gasteiger charge is -2.15. The van der Waals surface area contributed by atoms with Crippen molar-refractivity contribution in [3.63, 3.8) is 0 Å². The maximum Gasteiger partial charge on any atom is 0.0809 e. The van der Waals surface area contributed by atoms with Crippen LogP contribution in [-0.2, 0) is 0 Å². The van der Waals surface area contributed by atoms with Crippen LogP contribution in [0.15, 0.2) is 152 Å². The molecule has 0 aliphatic heterocycles. The van der Waals surface area contributed by atoms with Crippen molar-refractivity contribution >= 4 is 54.4 Å². The maximum atomic E-state index is 5.38. The van der Waals surface area contributed by atoms with Gasteiger partial charge in [0.2, 0.25) is 0 Å². The minimum absolute atomic E-state index is 0.953. The van der Waals surface area contributed by atoms with Gasteiger partial charge in [-0.25, -0.2) is 9.97 Å². The quantitative estimate of drug-likeness (QED) is 0.206. The molecule has 0 N–H and O–H groups in total. The Labute approximate surface area is 248 Å². The highest BCUT2D eigenvalue weighted by Crippen LogP contribution is 2.42. The Hall–Kier alpha value is -5.80. The van der Waals surface area contributed by atoms with Crippen LogP contribution in [0.3, 0.4) is 0 Å². The van der Waals surface area contributed by atoms with Crippen molar-refractivity contribution < 1.29 is 0 Å². The number of hydrogen-bond acceptors (Lipinski definition) is 2. The van der Waals surface area contributed by atoms with E-state index in [1.54, 1.807) is 0 Å². The molecule has 200 valence electrons. The zero-order valence-corrected chi connectivity index (χ0v) is 23.3. The van der Waals surface area contributed by atoms with E-state index >= 15 is 0 Å². The van der Waals surface area contributed by atoms with Crippen molar-refractivity contribution in [1.82, 2.24) is 14.5 Å². The van der Waals surface area contributed by atoms with Crippen molar-refractivity contribution in [1.29, 1.82) is 0 Å². The fourth-order valence-electron chi connectivity index (χ4n) is 6.60. The molecule has 0 unspecified atom stereocenters. The molecule has 0 fully saturated rings. The molecule has 9 aromatic rings. The Kier molecular flexibility index (Phi) is 5.20. The Morgan fingerprint density at radius 3 is 2.07 bits per heavy atom. The third-order valence-corrected chi connectivity index (χ3v) is 8.54. The molecule has 9 rings (SSSR count). The van der Waals surface area contributed by atoms with Crippen LogP contribution >= 0.6 is 0 Å². The SMILES string of the molecule is c1ccc(-n2c3ccccc3c3ccc4c5ccccc5nc(-c5cccc(-c6ccc7ccccc7n6)c5)c4c32)cc1. The van der Waals surface area contributed by atoms with Crippen LogP contribution in [0, 0.1) is 0 Å². The van der Waals surface area contributed by atoms with E-state index in [2.05, 4.69) is 150 Å². The molecule has 0 saturated heterocycles. The van der Waals surface area contributed by atoms with Crippen molar-refractivity contribution in [2.45, 2.75) is 0 Å². The van der Waals surface area contributed by atoms with Gasteiger partial charge in [-0.1, -0.05) is 109 Å². The molecule has 0 bridgehead atoms. The smallest absolute Gasteiger partial charge is 0.0809 e. The second kappa shape index (κ2) is 9.37. The lowest BCUT2D eigenvalue weighted by atomic mass is 9.96. The van der Waals surface area contributed by atoms with Crippen LogP contribution in [0.2, 0.25) is 0 Å². The summed E-state index contributed by atoms with van der Waals surface area (Å²) < 4.78 is 2.40. The minimum Gasteiger partial charge on any atom is -0.309 e. The molecule has 0 atom stereocenters. The average Bonchev–Trinajstić information content (AvgIpc) is 3.43. The molecule has 3 aromatic heterocycles. The number of benzene rings is 6. The molecule has 3 heterocycles. The first-order chi connectivity index (χ1) is 21.3. The normalized spacial score (nSPS) is 11.7. The van der Waals surface area contributed by atoms with Crippen molar-refractivity contribution in [3.8, 4) is 28.2 Å². The molecule has 0 spiro atoms. The van der Waals surface area contributed by atoms with Crippen LogP contribution in [0.5, 0.6) is 0 Å². The van der Waals surface area contributed by atoms with Crippen LogP contribution in [-0.4, -0.2) is 14.5 Å². The van der Waals surface area contributed by atoms with Crippen molar-refractivity contribution in [3.05, 3.63) is 152 Å². The topological polar surface area (TPSA) is 30.7 Å². The molecule has 0 amide bonds. The van der Waals surface area contributed by atoms with Gasteiger partial charge in [-0.2, -0.15) is 0 Å². The number of pyridine rings is 2. The summed E-state index contributed by atoms with van der Waals surface area (Å²) in [4.78, 5) is 10.4. The first kappa shape index (κ1) is 23.9. The molecule has 6 aromatic carbocycles. The van der Waals surface area contributed by atoms with E-state index in [9.17, 15) is 0 Å². The number of hydrogen-bond donors (Lipinski definition) is 0. The van der Waals surface area contributed by atoms with Crippen LogP contribution in [0.1, 0.15) is 0 Å². The fraction of sp³-hybridized carbons (Fsp3) is 0. The number of para-hydroxylation sites is 4. The van der Waals surface area contributed by atoms with Crippen molar-refractivity contribution in [2.24, 2.45) is 0 Å². The zero-order chi connectivity index (χ0) is 28.3. The van der Waals surface area contributed by atoms with Crippen LogP contribution in [0.4, 0.5) is 0 Å². The third-order valence-electron chi connectivity index (χ3n) is 8.54. The van der Waals surface area contributed by atoms with E-state index in [0.29, 0.717) is 0 Å². The molecule has 0 saturated carbocycles. The van der Waals surface area contributed by atoms with E-state index in [1.807, 2.05) is 6.07 Å². The van der Waals surface area contributed by atoms with Gasteiger partial charge in [-0.05, 0) is 47.9 Å². The molecule has 0 aliphatic carbocycles. The maximum absolute atomic E-state index is 5.38. The van der Waals surface area contributed by atoms with E-state index in [4.69, 9.17) is 9.97 Å². The van der Waals surface area contributed by atoms with E-state index in [0.717, 1.165) is 55.4 Å². The highest BCUT2D eigenvalue weighted by atomic mass is 15.0. The number of nitrogens with zero attached hydrogens (tertiary/aromatic N) is 3. The van der Waals surface area contributed by atoms with Gasteiger partial charge in [0.05, 0.1) is 33.5 Å². The van der Waals surface area contributed by atoms with Gasteiger partial charge in [0.25, 0.3) is 0 Å². The first-order valence-corrected chi connectivity index (χ1v) is 14.6. The number of fused-ring (bicyclic) bond motifs is 8. The summed E-state index contributed by atoms with van der Waals surface area (Å²) in [5.41, 5.74) is 9.54. The third kappa shape index (κ3) is 3.68. The van der Waals surface area contributed by atoms with Gasteiger partial charge < -0.3 is 4.57 Å². The van der Waals surface area contributed by atoms with Crippen LogP contribution in [0.25, 0.3) is 82.6 Å². The lowest BCUT2D eigenvalue weighted by molar-refractivity contribution is 1.19. The van der Waals surface area contributed by atoms with E-state index < -0.39 is 0 Å². The molecule has 0 aliphatic rings. The minimum atomic E-state index is 0.953. The molecular weight excluding hydrogens is 522 g/mol. The van der Waals surface area contributed by atoms with Gasteiger partial charge >= 0.3 is 0 Å². The largest absolute Gasteiger partial charge is 0.309 e. The Balaban J connectivity index is 1.41. The second-order valence-electron chi connectivity index (χ2n) is 11.0. The summed E-state index contributed by atoms with van der Waals surface area (Å²) in [6, 6.07) is 53.6. The highest BCUT2D eigenvalue weighted by Gasteiger charge is 2.20. The molecular formula is C40H25N3. The average molecular weight is 548 g/mol. The van der Waals surface area contributed by atoms with Gasteiger partial charge in [-0.3, -0.25) is 0 Å². The number of rotatable bonds is 3. The summed E-state index contributed by atoms with van der Waals surface area (Å²) in [6.07, 6.45) is 0. The molecule has 0 radical (unpaired) electrons. The van der Waals surface area contributed by atoms with Crippen molar-refractivity contribution in [2.75, 3.05) is 0 Å². The highest BCUT2D eigenvalue weighted by molar-refractivity contribution is 6.25. The Morgan fingerprint density at radius 1 is 0.442 bits per heavy atom. The van der Waals surface area contributed by atoms with Crippen LogP contribution < -0.4 is 0 Å². The Bertz CT molecular complexity index is 2510.